The summed E-state index contributed by atoms with van der Waals surface area (Å²) in [5.74, 6) is -1.09. The number of carbonyl (C=O) groups is 3. The van der Waals surface area contributed by atoms with Gasteiger partial charge in [0, 0.05) is 0 Å². The van der Waals surface area contributed by atoms with Crippen LogP contribution in [0.5, 0.6) is 0 Å². The predicted octanol–water partition coefficient (Wildman–Crippen LogP) is 2.25. The van der Waals surface area contributed by atoms with Gasteiger partial charge in [-0.2, -0.15) is 0 Å². The fraction of sp³-hybridized carbons (Fsp3) is 0.192. The Morgan fingerprint density at radius 1 is 0.853 bits per heavy atom. The third-order valence-electron chi connectivity index (χ3n) is 6.77. The Labute approximate surface area is 209 Å². The van der Waals surface area contributed by atoms with E-state index in [4.69, 9.17) is 0 Å². The molecule has 0 atom stereocenters. The molecule has 2 aromatic carbocycles. The number of imide groups is 2. The third kappa shape index (κ3) is 2.83. The summed E-state index contributed by atoms with van der Waals surface area (Å²) < 4.78 is 4.88. The van der Waals surface area contributed by atoms with Gasteiger partial charge in [-0.15, -0.1) is 0 Å². The molecule has 1 fully saturated rings. The summed E-state index contributed by atoms with van der Waals surface area (Å²) in [5, 5.41) is 0. The number of rotatable bonds is 1. The number of hydrogen-bond acceptors (Lipinski definition) is 4. The molecule has 1 aromatic heterocycles. The maximum atomic E-state index is 12.7. The van der Waals surface area contributed by atoms with Crippen molar-refractivity contribution in [1.82, 2.24) is 9.80 Å². The van der Waals surface area contributed by atoms with Crippen LogP contribution in [0.2, 0.25) is 0 Å². The number of amides is 4. The van der Waals surface area contributed by atoms with Crippen LogP contribution < -0.4 is 13.8 Å². The summed E-state index contributed by atoms with van der Waals surface area (Å²) in [6.45, 7) is 4.58. The van der Waals surface area contributed by atoms with Gasteiger partial charge >= 0.3 is 210 Å². The summed E-state index contributed by atoms with van der Waals surface area (Å²) in [5.41, 5.74) is 5.07. The topological polar surface area (TPSA) is 60.9 Å². The first-order valence-corrected chi connectivity index (χ1v) is 14.3. The van der Waals surface area contributed by atoms with Crippen molar-refractivity contribution in [3.63, 3.8) is 0 Å². The van der Waals surface area contributed by atoms with Crippen molar-refractivity contribution < 1.29 is 14.4 Å². The average molecular weight is 581 g/mol. The normalized spacial score (nSPS) is 18.1. The van der Waals surface area contributed by atoms with Crippen molar-refractivity contribution in [2.24, 2.45) is 0 Å². The van der Waals surface area contributed by atoms with Crippen LogP contribution in [0.25, 0.3) is 6.08 Å². The second-order valence-corrected chi connectivity index (χ2v) is 13.6. The number of urea groups is 1. The number of nitrogens with zero attached hydrogens (tertiary/aromatic N) is 3. The monoisotopic (exact) mass is 583 g/mol. The molecule has 0 bridgehead atoms. The molecular formula is C26H21N3O3Se2. The summed E-state index contributed by atoms with van der Waals surface area (Å²) >= 11 is 0.0499. The number of para-hydroxylation sites is 2. The van der Waals surface area contributed by atoms with Crippen molar-refractivity contribution in [3.05, 3.63) is 69.7 Å². The van der Waals surface area contributed by atoms with Crippen molar-refractivity contribution in [3.8, 4) is 0 Å². The molecule has 4 heterocycles. The Morgan fingerprint density at radius 3 is 2.26 bits per heavy atom. The molecule has 3 aromatic rings. The van der Waals surface area contributed by atoms with Crippen LogP contribution in [-0.2, 0) is 15.0 Å². The van der Waals surface area contributed by atoms with E-state index in [0.717, 1.165) is 14.2 Å². The Morgan fingerprint density at radius 2 is 1.53 bits per heavy atom. The number of barbiturate groups is 1. The zero-order chi connectivity index (χ0) is 23.9. The van der Waals surface area contributed by atoms with Gasteiger partial charge in [0.2, 0.25) is 0 Å². The molecule has 6 nitrogen and oxygen atoms in total. The standard InChI is InChI=1S/C26H21N3O3Se2/c1-26(2)16-8-5-6-10-18(16)29-21-17(26)9-7-11-19(21)34-20-13-14(33-24(20)29)12-15-22(30)27(3)25(32)28(4)23(15)31/h5-13H,1-4H3. The maximum absolute atomic E-state index is 12.7. The van der Waals surface area contributed by atoms with Gasteiger partial charge in [0.1, 0.15) is 0 Å². The number of hydrogen-bond donors (Lipinski definition) is 0. The van der Waals surface area contributed by atoms with Crippen molar-refractivity contribution in [2.45, 2.75) is 19.3 Å². The van der Waals surface area contributed by atoms with E-state index >= 15 is 0 Å². The van der Waals surface area contributed by atoms with Gasteiger partial charge in [-0.3, -0.25) is 0 Å². The predicted molar refractivity (Wildman–Crippen MR) is 134 cm³/mol. The van der Waals surface area contributed by atoms with Crippen LogP contribution in [0.3, 0.4) is 0 Å². The minimum atomic E-state index is -0.602. The van der Waals surface area contributed by atoms with E-state index in [9.17, 15) is 14.4 Å². The number of benzene rings is 2. The van der Waals surface area contributed by atoms with E-state index in [-0.39, 0.29) is 40.4 Å². The van der Waals surface area contributed by atoms with Gasteiger partial charge in [-0.05, 0) is 0 Å². The summed E-state index contributed by atoms with van der Waals surface area (Å²) in [4.78, 5) is 42.0. The summed E-state index contributed by atoms with van der Waals surface area (Å²) in [6, 6.07) is 16.8. The number of fused-ring (bicyclic) bond motifs is 4. The Balaban J connectivity index is 1.52. The third-order valence-corrected chi connectivity index (χ3v) is 11.9. The molecule has 3 aliphatic rings. The first-order chi connectivity index (χ1) is 16.2. The summed E-state index contributed by atoms with van der Waals surface area (Å²) in [6.07, 6.45) is 1.70. The van der Waals surface area contributed by atoms with E-state index in [1.54, 1.807) is 6.08 Å². The van der Waals surface area contributed by atoms with Crippen LogP contribution in [0.1, 0.15) is 29.4 Å². The molecule has 4 amide bonds. The molecule has 8 heteroatoms. The van der Waals surface area contributed by atoms with Crippen LogP contribution in [-0.4, -0.2) is 71.2 Å². The molecule has 0 aliphatic carbocycles. The van der Waals surface area contributed by atoms with Crippen LogP contribution >= 0.6 is 0 Å². The van der Waals surface area contributed by atoms with Gasteiger partial charge in [-0.1, -0.05) is 0 Å². The Bertz CT molecular complexity index is 1440. The number of anilines is 3. The molecule has 1 saturated heterocycles. The molecule has 0 unspecified atom stereocenters. The van der Waals surface area contributed by atoms with Crippen LogP contribution in [0.15, 0.2) is 54.1 Å². The first kappa shape index (κ1) is 21.6. The molecule has 3 aliphatic heterocycles. The molecule has 0 saturated carbocycles. The number of likely N-dealkylation sites (N-methyl/N-ethyl adjacent to an activating group) is 2. The Hall–Kier alpha value is -2.89. The average Bonchev–Trinajstić information content (AvgIpc) is 3.24. The van der Waals surface area contributed by atoms with E-state index in [1.165, 1.54) is 50.1 Å². The van der Waals surface area contributed by atoms with Gasteiger partial charge in [-0.25, -0.2) is 0 Å². The SMILES string of the molecule is CN1C(=O)C(=Cc2cc3c([se]2)N2c4ccccc4C(C)(C)c4cccc(c42)[Se]3)C(=O)N(C)C1=O. The molecule has 34 heavy (non-hydrogen) atoms. The number of carbonyl (C=O) groups excluding carboxylic acids is 3. The van der Waals surface area contributed by atoms with Crippen LogP contribution in [0.4, 0.5) is 20.7 Å². The molecule has 0 N–H and O–H groups in total. The van der Waals surface area contributed by atoms with E-state index in [1.807, 2.05) is 0 Å². The van der Waals surface area contributed by atoms with Gasteiger partial charge in [0.05, 0.1) is 0 Å². The minimum absolute atomic E-state index is 0.0449. The molecule has 6 rings (SSSR count). The summed E-state index contributed by atoms with van der Waals surface area (Å²) in [7, 11) is 2.82. The fourth-order valence-corrected chi connectivity index (χ4v) is 10.5. The van der Waals surface area contributed by atoms with Crippen molar-refractivity contribution in [2.75, 3.05) is 19.0 Å². The zero-order valence-electron chi connectivity index (χ0n) is 19.1. The van der Waals surface area contributed by atoms with E-state index < -0.39 is 17.8 Å². The quantitative estimate of drug-likeness (QED) is 0.197. The molecule has 0 radical (unpaired) electrons. The molecule has 170 valence electrons. The van der Waals surface area contributed by atoms with Crippen molar-refractivity contribution >= 4 is 78.2 Å². The molecular weight excluding hydrogens is 560 g/mol. The first-order valence-electron chi connectivity index (χ1n) is 10.9. The van der Waals surface area contributed by atoms with Gasteiger partial charge in [0.15, 0.2) is 0 Å². The second kappa shape index (κ2) is 7.30. The second-order valence-electron chi connectivity index (χ2n) is 9.12. The van der Waals surface area contributed by atoms with Crippen LogP contribution in [0, 0.1) is 0 Å². The van der Waals surface area contributed by atoms with Gasteiger partial charge in [0.25, 0.3) is 0 Å². The van der Waals surface area contributed by atoms with Crippen molar-refractivity contribution in [1.29, 1.82) is 0 Å². The van der Waals surface area contributed by atoms with E-state index in [0.29, 0.717) is 0 Å². The molecule has 0 spiro atoms. The fourth-order valence-electron chi connectivity index (χ4n) is 4.93. The Kier molecular flexibility index (Phi) is 4.65. The van der Waals surface area contributed by atoms with E-state index in [2.05, 4.69) is 67.3 Å². The zero-order valence-corrected chi connectivity index (χ0v) is 22.5. The van der Waals surface area contributed by atoms with Gasteiger partial charge < -0.3 is 0 Å².